The quantitative estimate of drug-likeness (QED) is 0.416. The van der Waals surface area contributed by atoms with Crippen LogP contribution in [-0.2, 0) is 10.2 Å². The third kappa shape index (κ3) is 1.28. The van der Waals surface area contributed by atoms with Crippen molar-refractivity contribution >= 4 is 5.91 Å². The van der Waals surface area contributed by atoms with Crippen molar-refractivity contribution in [2.45, 2.75) is 18.3 Å². The molecule has 1 aromatic carbocycles. The predicted octanol–water partition coefficient (Wildman–Crippen LogP) is 0.847. The van der Waals surface area contributed by atoms with Gasteiger partial charge in [-0.05, 0) is 30.5 Å². The Hall–Kier alpha value is -1.42. The van der Waals surface area contributed by atoms with Crippen molar-refractivity contribution in [3.8, 4) is 0 Å². The summed E-state index contributed by atoms with van der Waals surface area (Å²) in [5.41, 5.74) is 2.26. The van der Waals surface area contributed by atoms with Crippen LogP contribution in [0.1, 0.15) is 18.4 Å². The second-order valence-electron chi connectivity index (χ2n) is 3.57. The first-order valence-electron chi connectivity index (χ1n) is 4.46. The van der Waals surface area contributed by atoms with Crippen molar-refractivity contribution in [3.05, 3.63) is 35.6 Å². The van der Waals surface area contributed by atoms with Gasteiger partial charge >= 0.3 is 0 Å². The maximum Gasteiger partial charge on any atom is 0.244 e. The van der Waals surface area contributed by atoms with Gasteiger partial charge in [0.15, 0.2) is 0 Å². The predicted molar refractivity (Wildman–Crippen MR) is 49.6 cm³/mol. The normalized spacial score (nSPS) is 17.6. The lowest BCUT2D eigenvalue weighted by molar-refractivity contribution is -0.123. The van der Waals surface area contributed by atoms with E-state index in [1.54, 1.807) is 12.1 Å². The van der Waals surface area contributed by atoms with Crippen LogP contribution in [0.2, 0.25) is 0 Å². The van der Waals surface area contributed by atoms with Crippen LogP contribution in [0.5, 0.6) is 0 Å². The van der Waals surface area contributed by atoms with Gasteiger partial charge in [-0.1, -0.05) is 12.1 Å². The minimum Gasteiger partial charge on any atom is -0.293 e. The van der Waals surface area contributed by atoms with Gasteiger partial charge in [-0.25, -0.2) is 10.2 Å². The third-order valence-electron chi connectivity index (χ3n) is 2.69. The van der Waals surface area contributed by atoms with Gasteiger partial charge in [-0.15, -0.1) is 0 Å². The van der Waals surface area contributed by atoms with Gasteiger partial charge in [0, 0.05) is 0 Å². The zero-order valence-corrected chi connectivity index (χ0v) is 7.59. The van der Waals surface area contributed by atoms with Crippen LogP contribution < -0.4 is 11.3 Å². The summed E-state index contributed by atoms with van der Waals surface area (Å²) in [5, 5.41) is 0. The number of amides is 1. The number of hydrazine groups is 1. The second kappa shape index (κ2) is 3.06. The van der Waals surface area contributed by atoms with E-state index < -0.39 is 5.41 Å². The molecular weight excluding hydrogens is 183 g/mol. The van der Waals surface area contributed by atoms with Gasteiger partial charge in [0.1, 0.15) is 5.82 Å². The molecule has 2 rings (SSSR count). The van der Waals surface area contributed by atoms with Crippen molar-refractivity contribution in [3.63, 3.8) is 0 Å². The Morgan fingerprint density at radius 3 is 2.71 bits per heavy atom. The van der Waals surface area contributed by atoms with Gasteiger partial charge in [0.05, 0.1) is 5.41 Å². The Kier molecular flexibility index (Phi) is 2.00. The molecule has 3 nitrogen and oxygen atoms in total. The Morgan fingerprint density at radius 2 is 2.21 bits per heavy atom. The first kappa shape index (κ1) is 9.15. The molecule has 0 spiro atoms. The molecule has 0 unspecified atom stereocenters. The topological polar surface area (TPSA) is 55.1 Å². The van der Waals surface area contributed by atoms with Crippen LogP contribution in [0.15, 0.2) is 24.3 Å². The van der Waals surface area contributed by atoms with Crippen molar-refractivity contribution in [1.82, 2.24) is 5.43 Å². The standard InChI is InChI=1S/C10H11FN2O/c11-8-3-1-2-7(6-8)10(4-5-10)9(14)13-12/h1-3,6H,4-5,12H2,(H,13,14). The number of nitrogens with two attached hydrogens (primary N) is 1. The van der Waals surface area contributed by atoms with Crippen molar-refractivity contribution in [1.29, 1.82) is 0 Å². The van der Waals surface area contributed by atoms with E-state index in [0.29, 0.717) is 5.56 Å². The van der Waals surface area contributed by atoms with Crippen LogP contribution in [0.4, 0.5) is 4.39 Å². The Morgan fingerprint density at radius 1 is 1.50 bits per heavy atom. The van der Waals surface area contributed by atoms with E-state index in [4.69, 9.17) is 5.84 Å². The monoisotopic (exact) mass is 194 g/mol. The zero-order chi connectivity index (χ0) is 10.2. The van der Waals surface area contributed by atoms with E-state index in [9.17, 15) is 9.18 Å². The van der Waals surface area contributed by atoms with Gasteiger partial charge in [0.2, 0.25) is 5.91 Å². The molecule has 0 bridgehead atoms. The fraction of sp³-hybridized carbons (Fsp3) is 0.300. The Balaban J connectivity index is 2.35. The molecule has 1 amide bonds. The minimum atomic E-state index is -0.573. The molecule has 0 aliphatic heterocycles. The molecule has 1 aromatic rings. The highest BCUT2D eigenvalue weighted by atomic mass is 19.1. The summed E-state index contributed by atoms with van der Waals surface area (Å²) in [4.78, 5) is 11.4. The first-order valence-corrected chi connectivity index (χ1v) is 4.46. The van der Waals surface area contributed by atoms with Crippen LogP contribution in [0.25, 0.3) is 0 Å². The highest BCUT2D eigenvalue weighted by Crippen LogP contribution is 2.48. The second-order valence-corrected chi connectivity index (χ2v) is 3.57. The van der Waals surface area contributed by atoms with Crippen molar-refractivity contribution < 1.29 is 9.18 Å². The van der Waals surface area contributed by atoms with Gasteiger partial charge in [-0.3, -0.25) is 10.2 Å². The lowest BCUT2D eigenvalue weighted by Gasteiger charge is -2.13. The summed E-state index contributed by atoms with van der Waals surface area (Å²) < 4.78 is 12.9. The average molecular weight is 194 g/mol. The summed E-state index contributed by atoms with van der Waals surface area (Å²) in [6.45, 7) is 0. The third-order valence-corrected chi connectivity index (χ3v) is 2.69. The highest BCUT2D eigenvalue weighted by molar-refractivity contribution is 5.90. The molecule has 0 saturated heterocycles. The summed E-state index contributed by atoms with van der Waals surface area (Å²) in [6, 6.07) is 6.11. The number of carbonyl (C=O) groups excluding carboxylic acids is 1. The lowest BCUT2D eigenvalue weighted by atomic mass is 9.95. The molecule has 0 heterocycles. The van der Waals surface area contributed by atoms with Gasteiger partial charge < -0.3 is 0 Å². The number of nitrogens with one attached hydrogen (secondary N) is 1. The number of halogens is 1. The molecule has 4 heteroatoms. The van der Waals surface area contributed by atoms with Crippen LogP contribution in [-0.4, -0.2) is 5.91 Å². The molecule has 0 radical (unpaired) electrons. The molecule has 14 heavy (non-hydrogen) atoms. The number of carbonyl (C=O) groups is 1. The largest absolute Gasteiger partial charge is 0.293 e. The van der Waals surface area contributed by atoms with Crippen molar-refractivity contribution in [2.24, 2.45) is 5.84 Å². The van der Waals surface area contributed by atoms with Gasteiger partial charge in [-0.2, -0.15) is 0 Å². The van der Waals surface area contributed by atoms with Crippen LogP contribution in [0, 0.1) is 5.82 Å². The molecule has 0 aromatic heterocycles. The average Bonchev–Trinajstić information content (AvgIpc) is 2.97. The summed E-state index contributed by atoms with van der Waals surface area (Å²) in [5.74, 6) is 4.53. The SMILES string of the molecule is NNC(=O)C1(c2cccc(F)c2)CC1. The highest BCUT2D eigenvalue weighted by Gasteiger charge is 2.51. The summed E-state index contributed by atoms with van der Waals surface area (Å²) in [7, 11) is 0. The summed E-state index contributed by atoms with van der Waals surface area (Å²) in [6.07, 6.45) is 1.47. The van der Waals surface area contributed by atoms with E-state index in [-0.39, 0.29) is 11.7 Å². The molecule has 1 aliphatic carbocycles. The summed E-state index contributed by atoms with van der Waals surface area (Å²) >= 11 is 0. The fourth-order valence-corrected chi connectivity index (χ4v) is 1.70. The van der Waals surface area contributed by atoms with Crippen LogP contribution in [0.3, 0.4) is 0 Å². The maximum absolute atomic E-state index is 12.9. The minimum absolute atomic E-state index is 0.233. The smallest absolute Gasteiger partial charge is 0.244 e. The molecule has 3 N–H and O–H groups in total. The van der Waals surface area contributed by atoms with Crippen LogP contribution >= 0.6 is 0 Å². The molecule has 74 valence electrons. The molecule has 1 saturated carbocycles. The van der Waals surface area contributed by atoms with E-state index in [2.05, 4.69) is 5.43 Å². The van der Waals surface area contributed by atoms with E-state index in [1.165, 1.54) is 12.1 Å². The van der Waals surface area contributed by atoms with E-state index in [1.807, 2.05) is 0 Å². The molecule has 1 aliphatic rings. The Bertz CT molecular complexity index is 374. The van der Waals surface area contributed by atoms with Gasteiger partial charge in [0.25, 0.3) is 0 Å². The van der Waals surface area contributed by atoms with Crippen molar-refractivity contribution in [2.75, 3.05) is 0 Å². The van der Waals surface area contributed by atoms with E-state index in [0.717, 1.165) is 12.8 Å². The number of benzene rings is 1. The molecule has 0 atom stereocenters. The fourth-order valence-electron chi connectivity index (χ4n) is 1.70. The van der Waals surface area contributed by atoms with E-state index >= 15 is 0 Å². The first-order chi connectivity index (χ1) is 6.69. The Labute approximate surface area is 81.1 Å². The number of hydrogen-bond acceptors (Lipinski definition) is 2. The molecular formula is C10H11FN2O. The molecule has 1 fully saturated rings. The number of rotatable bonds is 2. The maximum atomic E-state index is 12.9. The zero-order valence-electron chi connectivity index (χ0n) is 7.59. The lowest BCUT2D eigenvalue weighted by Crippen LogP contribution is -2.39. The number of hydrogen-bond donors (Lipinski definition) is 2.